The number of halogens is 3. The minimum absolute atomic E-state index is 0.198. The van der Waals surface area contributed by atoms with Gasteiger partial charge in [-0.1, -0.05) is 13.0 Å². The molecule has 1 atom stereocenters. The van der Waals surface area contributed by atoms with Crippen molar-refractivity contribution in [3.8, 4) is 5.75 Å². The van der Waals surface area contributed by atoms with Gasteiger partial charge in [-0.15, -0.1) is 0 Å². The van der Waals surface area contributed by atoms with Crippen LogP contribution in [0.2, 0.25) is 0 Å². The second-order valence-corrected chi connectivity index (χ2v) is 7.08. The number of nitrogens with one attached hydrogen (secondary N) is 2. The highest BCUT2D eigenvalue weighted by Gasteiger charge is 2.30. The molecule has 1 aromatic carbocycles. The Hall–Kier alpha value is -2.71. The van der Waals surface area contributed by atoms with Gasteiger partial charge in [0.05, 0.1) is 17.8 Å². The molecule has 166 valence electrons. The average molecular weight is 425 g/mol. The highest BCUT2D eigenvalue weighted by molar-refractivity contribution is 5.79. The molecule has 0 saturated heterocycles. The van der Waals surface area contributed by atoms with Gasteiger partial charge >= 0.3 is 6.18 Å². The molecule has 1 aromatic heterocycles. The van der Waals surface area contributed by atoms with Crippen LogP contribution in [0.15, 0.2) is 29.3 Å². The Kier molecular flexibility index (Phi) is 8.14. The number of aromatic nitrogens is 2. The predicted molar refractivity (Wildman–Crippen MR) is 112 cm³/mol. The number of aliphatic imine (C=N–C) groups is 1. The van der Waals surface area contributed by atoms with Crippen LogP contribution < -0.4 is 15.4 Å². The lowest BCUT2D eigenvalue weighted by atomic mass is 10.1. The van der Waals surface area contributed by atoms with E-state index in [0.29, 0.717) is 25.5 Å². The minimum atomic E-state index is -4.39. The molecule has 1 heterocycles. The van der Waals surface area contributed by atoms with Crippen LogP contribution in [-0.2, 0) is 19.6 Å². The van der Waals surface area contributed by atoms with E-state index in [0.717, 1.165) is 29.9 Å². The van der Waals surface area contributed by atoms with Gasteiger partial charge < -0.3 is 15.4 Å². The van der Waals surface area contributed by atoms with Crippen molar-refractivity contribution >= 4 is 5.96 Å². The normalized spacial score (nSPS) is 13.3. The summed E-state index contributed by atoms with van der Waals surface area (Å²) in [7, 11) is 3.60. The number of alkyl halides is 3. The van der Waals surface area contributed by atoms with Gasteiger partial charge in [-0.3, -0.25) is 9.67 Å². The lowest BCUT2D eigenvalue weighted by Crippen LogP contribution is -2.43. The number of hydrogen-bond donors (Lipinski definition) is 2. The number of nitrogens with zero attached hydrogens (tertiary/aromatic N) is 3. The van der Waals surface area contributed by atoms with E-state index in [9.17, 15) is 13.2 Å². The standard InChI is InChI=1S/C21H30F3N5O/c1-6-17(30-18-9-7-8-16(12-18)21(22,23)24)13-27-20(25-4)26-11-10-19-14(2)28-29(5)15(19)3/h7-9,12,17H,6,10-11,13H2,1-5H3,(H2,25,26,27). The van der Waals surface area contributed by atoms with Gasteiger partial charge in [-0.25, -0.2) is 0 Å². The molecule has 0 fully saturated rings. The third-order valence-electron chi connectivity index (χ3n) is 4.97. The van der Waals surface area contributed by atoms with Crippen molar-refractivity contribution in [2.45, 2.75) is 45.9 Å². The molecule has 2 N–H and O–H groups in total. The zero-order valence-electron chi connectivity index (χ0n) is 18.1. The van der Waals surface area contributed by atoms with Gasteiger partial charge in [-0.05, 0) is 50.5 Å². The molecule has 0 saturated carbocycles. The second-order valence-electron chi connectivity index (χ2n) is 7.08. The lowest BCUT2D eigenvalue weighted by molar-refractivity contribution is -0.137. The Morgan fingerprint density at radius 3 is 2.57 bits per heavy atom. The summed E-state index contributed by atoms with van der Waals surface area (Å²) in [5, 5.41) is 10.8. The van der Waals surface area contributed by atoms with Crippen LogP contribution in [0.1, 0.15) is 35.9 Å². The lowest BCUT2D eigenvalue weighted by Gasteiger charge is -2.20. The molecule has 0 amide bonds. The van der Waals surface area contributed by atoms with Crippen LogP contribution in [0.4, 0.5) is 13.2 Å². The number of guanidine groups is 1. The summed E-state index contributed by atoms with van der Waals surface area (Å²) >= 11 is 0. The van der Waals surface area contributed by atoms with Crippen molar-refractivity contribution in [2.75, 3.05) is 20.1 Å². The van der Waals surface area contributed by atoms with Gasteiger partial charge in [0, 0.05) is 26.3 Å². The van der Waals surface area contributed by atoms with E-state index in [-0.39, 0.29) is 11.9 Å². The Bertz CT molecular complexity index is 861. The molecule has 30 heavy (non-hydrogen) atoms. The maximum Gasteiger partial charge on any atom is 0.416 e. The fraction of sp³-hybridized carbons (Fsp3) is 0.524. The first-order chi connectivity index (χ1) is 14.2. The van der Waals surface area contributed by atoms with Crippen LogP contribution >= 0.6 is 0 Å². The fourth-order valence-electron chi connectivity index (χ4n) is 3.12. The van der Waals surface area contributed by atoms with Gasteiger partial charge in [0.2, 0.25) is 0 Å². The quantitative estimate of drug-likeness (QED) is 0.501. The van der Waals surface area contributed by atoms with E-state index in [1.165, 1.54) is 17.7 Å². The Labute approximate surface area is 175 Å². The molecule has 9 heteroatoms. The topological polar surface area (TPSA) is 63.5 Å². The van der Waals surface area contributed by atoms with E-state index in [2.05, 4.69) is 20.7 Å². The van der Waals surface area contributed by atoms with Crippen LogP contribution in [0.3, 0.4) is 0 Å². The molecule has 0 radical (unpaired) electrons. The number of rotatable bonds is 8. The summed E-state index contributed by atoms with van der Waals surface area (Å²) in [6, 6.07) is 4.93. The molecule has 6 nitrogen and oxygen atoms in total. The van der Waals surface area contributed by atoms with E-state index in [1.807, 2.05) is 32.5 Å². The van der Waals surface area contributed by atoms with Gasteiger partial charge in [0.1, 0.15) is 11.9 Å². The minimum Gasteiger partial charge on any atom is -0.489 e. The zero-order valence-corrected chi connectivity index (χ0v) is 18.1. The maximum absolute atomic E-state index is 12.9. The maximum atomic E-state index is 12.9. The van der Waals surface area contributed by atoms with Gasteiger partial charge in [-0.2, -0.15) is 18.3 Å². The molecular weight excluding hydrogens is 395 g/mol. The molecule has 2 rings (SSSR count). The number of aryl methyl sites for hydroxylation is 2. The predicted octanol–water partition coefficient (Wildman–Crippen LogP) is 3.62. The summed E-state index contributed by atoms with van der Waals surface area (Å²) < 4.78 is 46.3. The SMILES string of the molecule is CCC(CNC(=NC)NCCc1c(C)nn(C)c1C)Oc1cccc(C(F)(F)F)c1. The Morgan fingerprint density at radius 2 is 2.00 bits per heavy atom. The van der Waals surface area contributed by atoms with Gasteiger partial charge in [0.25, 0.3) is 0 Å². The first-order valence-electron chi connectivity index (χ1n) is 9.93. The molecule has 0 aliphatic heterocycles. The van der Waals surface area contributed by atoms with Crippen LogP contribution in [-0.4, -0.2) is 42.0 Å². The van der Waals surface area contributed by atoms with Crippen molar-refractivity contribution in [1.82, 2.24) is 20.4 Å². The molecule has 0 aliphatic rings. The first kappa shape index (κ1) is 23.6. The van der Waals surface area contributed by atoms with E-state index in [1.54, 1.807) is 7.05 Å². The number of ether oxygens (including phenoxy) is 1. The van der Waals surface area contributed by atoms with Crippen molar-refractivity contribution in [3.05, 3.63) is 46.8 Å². The molecule has 0 spiro atoms. The summed E-state index contributed by atoms with van der Waals surface area (Å²) in [5.74, 6) is 0.809. The highest BCUT2D eigenvalue weighted by Crippen LogP contribution is 2.31. The third kappa shape index (κ3) is 6.40. The van der Waals surface area contributed by atoms with E-state index in [4.69, 9.17) is 4.74 Å². The first-order valence-corrected chi connectivity index (χ1v) is 9.93. The largest absolute Gasteiger partial charge is 0.489 e. The molecule has 0 bridgehead atoms. The molecule has 2 aromatic rings. The van der Waals surface area contributed by atoms with Crippen LogP contribution in [0.25, 0.3) is 0 Å². The van der Waals surface area contributed by atoms with E-state index >= 15 is 0 Å². The molecule has 1 unspecified atom stereocenters. The monoisotopic (exact) mass is 425 g/mol. The van der Waals surface area contributed by atoms with Crippen molar-refractivity contribution in [1.29, 1.82) is 0 Å². The summed E-state index contributed by atoms with van der Waals surface area (Å²) in [5.41, 5.74) is 2.64. The third-order valence-corrected chi connectivity index (χ3v) is 4.97. The van der Waals surface area contributed by atoms with Crippen molar-refractivity contribution in [2.24, 2.45) is 12.0 Å². The zero-order chi connectivity index (χ0) is 22.3. The summed E-state index contributed by atoms with van der Waals surface area (Å²) in [4.78, 5) is 4.20. The molecular formula is C21H30F3N5O. The van der Waals surface area contributed by atoms with Crippen molar-refractivity contribution in [3.63, 3.8) is 0 Å². The van der Waals surface area contributed by atoms with Crippen LogP contribution in [0.5, 0.6) is 5.75 Å². The van der Waals surface area contributed by atoms with E-state index < -0.39 is 11.7 Å². The Balaban J connectivity index is 1.87. The number of hydrogen-bond acceptors (Lipinski definition) is 3. The summed E-state index contributed by atoms with van der Waals surface area (Å²) in [6.45, 7) is 7.05. The van der Waals surface area contributed by atoms with Crippen molar-refractivity contribution < 1.29 is 17.9 Å². The highest BCUT2D eigenvalue weighted by atomic mass is 19.4. The summed E-state index contributed by atoms with van der Waals surface area (Å²) in [6.07, 6.45) is -3.25. The Morgan fingerprint density at radius 1 is 1.27 bits per heavy atom. The smallest absolute Gasteiger partial charge is 0.416 e. The van der Waals surface area contributed by atoms with Crippen LogP contribution in [0, 0.1) is 13.8 Å². The number of benzene rings is 1. The second kappa shape index (κ2) is 10.4. The average Bonchev–Trinajstić information content (AvgIpc) is 2.94. The fourth-order valence-corrected chi connectivity index (χ4v) is 3.12. The molecule has 0 aliphatic carbocycles. The van der Waals surface area contributed by atoms with Gasteiger partial charge in [0.15, 0.2) is 5.96 Å².